The molecule has 57 heavy (non-hydrogen) atoms. The van der Waals surface area contributed by atoms with Crippen LogP contribution in [0.1, 0.15) is 22.8 Å². The molecule has 0 saturated carbocycles. The highest BCUT2D eigenvalue weighted by molar-refractivity contribution is 6.05. The summed E-state index contributed by atoms with van der Waals surface area (Å²) in [4.78, 5) is 17.7. The first-order valence-corrected chi connectivity index (χ1v) is 19.3. The number of benzene rings is 7. The van der Waals surface area contributed by atoms with Gasteiger partial charge >= 0.3 is 0 Å². The molecule has 4 heterocycles. The van der Waals surface area contributed by atoms with E-state index in [4.69, 9.17) is 23.8 Å². The van der Waals surface area contributed by atoms with E-state index in [1.807, 2.05) is 54.6 Å². The van der Waals surface area contributed by atoms with Crippen molar-refractivity contribution in [1.82, 2.24) is 15.0 Å². The Morgan fingerprint density at radius 2 is 1.04 bits per heavy atom. The molecule has 0 N–H and O–H groups in total. The molecule has 2 unspecified atom stereocenters. The Morgan fingerprint density at radius 1 is 0.439 bits per heavy atom. The van der Waals surface area contributed by atoms with Gasteiger partial charge < -0.3 is 13.7 Å². The zero-order valence-corrected chi connectivity index (χ0v) is 30.6. The SMILES string of the molecule is C1=CC2C(c3ccccc3N2c2ccc(-c3ccccc3)cc2)c2c1oc1ccc(-c3nc(-c4ccccc4)nc(-c4ccc5c(c4)oc4ccccc45)n3)cc21. The van der Waals surface area contributed by atoms with Crippen LogP contribution in [-0.4, -0.2) is 21.0 Å². The van der Waals surface area contributed by atoms with Gasteiger partial charge in [-0.25, -0.2) is 15.0 Å². The second-order valence-electron chi connectivity index (χ2n) is 14.7. The second-order valence-corrected chi connectivity index (χ2v) is 14.7. The van der Waals surface area contributed by atoms with Crippen molar-refractivity contribution >= 4 is 50.4 Å². The summed E-state index contributed by atoms with van der Waals surface area (Å²) in [6.07, 6.45) is 4.45. The van der Waals surface area contributed by atoms with E-state index < -0.39 is 0 Å². The first kappa shape index (κ1) is 31.7. The molecule has 0 amide bonds. The molecular weight excluding hydrogens is 701 g/mol. The van der Waals surface area contributed by atoms with Crippen LogP contribution in [0, 0.1) is 0 Å². The summed E-state index contributed by atoms with van der Waals surface area (Å²) in [5, 5.41) is 3.21. The van der Waals surface area contributed by atoms with Crippen LogP contribution in [0.5, 0.6) is 0 Å². The number of hydrogen-bond donors (Lipinski definition) is 0. The summed E-state index contributed by atoms with van der Waals surface area (Å²) in [5.74, 6) is 2.74. The number of aromatic nitrogens is 3. The second kappa shape index (κ2) is 12.5. The van der Waals surface area contributed by atoms with Crippen molar-refractivity contribution in [3.63, 3.8) is 0 Å². The average Bonchev–Trinajstić information content (AvgIpc) is 3.95. The van der Waals surface area contributed by atoms with Crippen LogP contribution in [-0.2, 0) is 0 Å². The Kier molecular flexibility index (Phi) is 6.95. The normalized spacial score (nSPS) is 15.6. The van der Waals surface area contributed by atoms with Crippen molar-refractivity contribution in [1.29, 1.82) is 0 Å². The fourth-order valence-electron chi connectivity index (χ4n) is 8.86. The van der Waals surface area contributed by atoms with Crippen molar-refractivity contribution in [2.24, 2.45) is 0 Å². The molecule has 2 aliphatic rings. The van der Waals surface area contributed by atoms with E-state index in [9.17, 15) is 0 Å². The minimum atomic E-state index is 0.0656. The Labute approximate surface area is 328 Å². The molecule has 7 aromatic carbocycles. The van der Waals surface area contributed by atoms with Gasteiger partial charge in [0.1, 0.15) is 22.5 Å². The Hall–Kier alpha value is -7.57. The summed E-state index contributed by atoms with van der Waals surface area (Å²) >= 11 is 0. The predicted molar refractivity (Wildman–Crippen MR) is 228 cm³/mol. The van der Waals surface area contributed by atoms with Crippen molar-refractivity contribution in [3.05, 3.63) is 193 Å². The molecule has 2 atom stereocenters. The van der Waals surface area contributed by atoms with Gasteiger partial charge in [-0.1, -0.05) is 121 Å². The molecule has 268 valence electrons. The minimum absolute atomic E-state index is 0.0656. The third-order valence-corrected chi connectivity index (χ3v) is 11.5. The number of nitrogens with zero attached hydrogens (tertiary/aromatic N) is 4. The van der Waals surface area contributed by atoms with Crippen LogP contribution in [0.15, 0.2) is 185 Å². The molecule has 0 bridgehead atoms. The van der Waals surface area contributed by atoms with Gasteiger partial charge in [0.05, 0.1) is 6.04 Å². The van der Waals surface area contributed by atoms with E-state index in [-0.39, 0.29) is 12.0 Å². The van der Waals surface area contributed by atoms with Gasteiger partial charge in [0, 0.05) is 55.7 Å². The largest absolute Gasteiger partial charge is 0.456 e. The van der Waals surface area contributed by atoms with Crippen LogP contribution >= 0.6 is 0 Å². The molecule has 3 aromatic heterocycles. The van der Waals surface area contributed by atoms with Crippen LogP contribution in [0.3, 0.4) is 0 Å². The summed E-state index contributed by atoms with van der Waals surface area (Å²) in [6, 6.07) is 59.0. The lowest BCUT2D eigenvalue weighted by molar-refractivity contribution is 0.584. The zero-order chi connectivity index (χ0) is 37.5. The van der Waals surface area contributed by atoms with Gasteiger partial charge in [0.15, 0.2) is 17.5 Å². The third kappa shape index (κ3) is 5.07. The van der Waals surface area contributed by atoms with Crippen LogP contribution in [0.2, 0.25) is 0 Å². The smallest absolute Gasteiger partial charge is 0.164 e. The number of hydrogen-bond acceptors (Lipinski definition) is 6. The zero-order valence-electron chi connectivity index (χ0n) is 30.6. The van der Waals surface area contributed by atoms with E-state index in [2.05, 4.69) is 132 Å². The summed E-state index contributed by atoms with van der Waals surface area (Å²) in [7, 11) is 0. The van der Waals surface area contributed by atoms with Crippen LogP contribution in [0.4, 0.5) is 11.4 Å². The predicted octanol–water partition coefficient (Wildman–Crippen LogP) is 12.9. The molecule has 0 fully saturated rings. The van der Waals surface area contributed by atoms with Crippen LogP contribution in [0.25, 0.3) is 84.3 Å². The molecule has 6 nitrogen and oxygen atoms in total. The van der Waals surface area contributed by atoms with Gasteiger partial charge in [0.2, 0.25) is 0 Å². The topological polar surface area (TPSA) is 68.2 Å². The van der Waals surface area contributed by atoms with Gasteiger partial charge in [-0.2, -0.15) is 0 Å². The maximum Gasteiger partial charge on any atom is 0.164 e. The molecule has 0 radical (unpaired) electrons. The molecule has 6 heteroatoms. The molecule has 1 aliphatic carbocycles. The first-order chi connectivity index (χ1) is 28.2. The van der Waals surface area contributed by atoms with Crippen LogP contribution < -0.4 is 4.90 Å². The molecule has 0 spiro atoms. The average molecular weight is 733 g/mol. The minimum Gasteiger partial charge on any atom is -0.456 e. The van der Waals surface area contributed by atoms with E-state index in [1.54, 1.807) is 0 Å². The maximum absolute atomic E-state index is 6.59. The van der Waals surface area contributed by atoms with Crippen molar-refractivity contribution in [2.45, 2.75) is 12.0 Å². The standard InChI is InChI=1S/C51H32N4O2/c1-3-11-31(12-4-1)32-19-23-36(24-20-32)55-41-17-9-7-16-39(41)47-42(55)26-28-45-48(47)40-29-34(22-27-44(40)56-45)50-52-49(33-13-5-2-6-14-33)53-51(54-50)35-21-25-38-37-15-8-10-18-43(37)57-46(38)30-35/h1-30,42,47H. The Balaban J connectivity index is 0.978. The maximum atomic E-state index is 6.59. The van der Waals surface area contributed by atoms with E-state index in [0.29, 0.717) is 17.5 Å². The quantitative estimate of drug-likeness (QED) is 0.175. The van der Waals surface area contributed by atoms with Crippen molar-refractivity contribution < 1.29 is 8.83 Å². The molecule has 1 aliphatic heterocycles. The third-order valence-electron chi connectivity index (χ3n) is 11.5. The number of rotatable bonds is 5. The lowest BCUT2D eigenvalue weighted by Crippen LogP contribution is -2.30. The van der Waals surface area contributed by atoms with Crippen molar-refractivity contribution in [3.8, 4) is 45.3 Å². The fraction of sp³-hybridized carbons (Fsp3) is 0.0392. The molecule has 0 saturated heterocycles. The van der Waals surface area contributed by atoms with Gasteiger partial charge in [-0.3, -0.25) is 0 Å². The lowest BCUT2D eigenvalue weighted by atomic mass is 9.82. The highest BCUT2D eigenvalue weighted by Gasteiger charge is 2.43. The van der Waals surface area contributed by atoms with E-state index in [0.717, 1.165) is 61.0 Å². The summed E-state index contributed by atoms with van der Waals surface area (Å²) < 4.78 is 12.9. The Bertz CT molecular complexity index is 3200. The van der Waals surface area contributed by atoms with Gasteiger partial charge in [0.25, 0.3) is 0 Å². The summed E-state index contributed by atoms with van der Waals surface area (Å²) in [6.45, 7) is 0. The molecule has 12 rings (SSSR count). The fourth-order valence-corrected chi connectivity index (χ4v) is 8.86. The van der Waals surface area contributed by atoms with E-state index >= 15 is 0 Å². The van der Waals surface area contributed by atoms with Gasteiger partial charge in [-0.15, -0.1) is 0 Å². The van der Waals surface area contributed by atoms with E-state index in [1.165, 1.54) is 27.9 Å². The lowest BCUT2D eigenvalue weighted by Gasteiger charge is -2.30. The number of furan rings is 2. The number of para-hydroxylation sites is 2. The highest BCUT2D eigenvalue weighted by atomic mass is 16.3. The monoisotopic (exact) mass is 732 g/mol. The van der Waals surface area contributed by atoms with Crippen molar-refractivity contribution in [2.75, 3.05) is 4.90 Å². The highest BCUT2D eigenvalue weighted by Crippen LogP contribution is 2.53. The molecule has 10 aromatic rings. The summed E-state index contributed by atoms with van der Waals surface area (Å²) in [5.41, 5.74) is 12.4. The number of anilines is 2. The first-order valence-electron chi connectivity index (χ1n) is 19.3. The van der Waals surface area contributed by atoms with Gasteiger partial charge in [-0.05, 0) is 77.4 Å². The molecular formula is C51H32N4O2. The Morgan fingerprint density at radius 3 is 1.84 bits per heavy atom. The number of fused-ring (bicyclic) bond motifs is 10.